The number of hydrogen-bond acceptors (Lipinski definition) is 1. The summed E-state index contributed by atoms with van der Waals surface area (Å²) in [7, 11) is 0. The van der Waals surface area contributed by atoms with Crippen molar-refractivity contribution in [2.75, 3.05) is 5.73 Å². The van der Waals surface area contributed by atoms with Gasteiger partial charge in [0.15, 0.2) is 0 Å². The van der Waals surface area contributed by atoms with Gasteiger partial charge >= 0.3 is 0 Å². The van der Waals surface area contributed by atoms with E-state index in [0.29, 0.717) is 10.2 Å². The van der Waals surface area contributed by atoms with Gasteiger partial charge in [0, 0.05) is 10.2 Å². The fraction of sp³-hybridized carbons (Fsp3) is 0.333. The van der Waals surface area contributed by atoms with E-state index in [-0.39, 0.29) is 5.82 Å². The minimum Gasteiger partial charge on any atom is -0.398 e. The third kappa shape index (κ3) is 1.04. The zero-order valence-electron chi connectivity index (χ0n) is 6.53. The molecule has 1 nitrogen and oxygen atoms in total. The molecule has 0 aromatic heterocycles. The third-order valence-corrected chi connectivity index (χ3v) is 3.00. The highest BCUT2D eigenvalue weighted by molar-refractivity contribution is 9.10. The van der Waals surface area contributed by atoms with E-state index in [1.807, 2.05) is 0 Å². The molecule has 12 heavy (non-hydrogen) atoms. The van der Waals surface area contributed by atoms with Gasteiger partial charge in [0.25, 0.3) is 0 Å². The quantitative estimate of drug-likeness (QED) is 0.681. The summed E-state index contributed by atoms with van der Waals surface area (Å²) in [5, 5.41) is 0. The lowest BCUT2D eigenvalue weighted by Crippen LogP contribution is -1.97. The number of benzene rings is 1. The van der Waals surface area contributed by atoms with Gasteiger partial charge in [-0.2, -0.15) is 0 Å². The minimum absolute atomic E-state index is 0.122. The van der Waals surface area contributed by atoms with E-state index >= 15 is 0 Å². The monoisotopic (exact) mass is 229 g/mol. The number of halogens is 2. The Kier molecular flexibility index (Phi) is 1.83. The SMILES string of the molecule is Nc1c(Br)cc(F)c2c1CCC2. The maximum Gasteiger partial charge on any atom is 0.127 e. The highest BCUT2D eigenvalue weighted by atomic mass is 79.9. The van der Waals surface area contributed by atoms with Gasteiger partial charge in [0.2, 0.25) is 0 Å². The predicted molar refractivity (Wildman–Crippen MR) is 50.5 cm³/mol. The van der Waals surface area contributed by atoms with Gasteiger partial charge in [-0.05, 0) is 52.4 Å². The van der Waals surface area contributed by atoms with Crippen LogP contribution in [0.2, 0.25) is 0 Å². The molecule has 1 aliphatic carbocycles. The van der Waals surface area contributed by atoms with Crippen LogP contribution in [-0.4, -0.2) is 0 Å². The van der Waals surface area contributed by atoms with Gasteiger partial charge in [-0.3, -0.25) is 0 Å². The Balaban J connectivity index is 2.69. The standard InChI is InChI=1S/C9H9BrFN/c10-7-4-8(11)5-2-1-3-6(5)9(7)12/h4H,1-3,12H2. The summed E-state index contributed by atoms with van der Waals surface area (Å²) in [5.74, 6) is -0.122. The number of rotatable bonds is 0. The average Bonchev–Trinajstić information content (AvgIpc) is 2.48. The smallest absolute Gasteiger partial charge is 0.127 e. The lowest BCUT2D eigenvalue weighted by atomic mass is 10.1. The molecule has 0 saturated heterocycles. The van der Waals surface area contributed by atoms with Crippen LogP contribution in [-0.2, 0) is 12.8 Å². The van der Waals surface area contributed by atoms with E-state index in [1.54, 1.807) is 0 Å². The van der Waals surface area contributed by atoms with Crippen LogP contribution in [0.3, 0.4) is 0 Å². The first-order chi connectivity index (χ1) is 5.70. The Morgan fingerprint density at radius 2 is 2.00 bits per heavy atom. The largest absolute Gasteiger partial charge is 0.398 e. The molecule has 0 aliphatic heterocycles. The van der Waals surface area contributed by atoms with Crippen molar-refractivity contribution in [3.05, 3.63) is 27.5 Å². The predicted octanol–water partition coefficient (Wildman–Crippen LogP) is 2.66. The maximum absolute atomic E-state index is 13.2. The van der Waals surface area contributed by atoms with Crippen LogP contribution < -0.4 is 5.73 Å². The molecule has 0 fully saturated rings. The van der Waals surface area contributed by atoms with Gasteiger partial charge < -0.3 is 5.73 Å². The summed E-state index contributed by atoms with van der Waals surface area (Å²) in [6.45, 7) is 0. The fourth-order valence-corrected chi connectivity index (χ4v) is 2.17. The molecule has 0 heterocycles. The second kappa shape index (κ2) is 2.73. The van der Waals surface area contributed by atoms with Crippen LogP contribution in [0.5, 0.6) is 0 Å². The molecule has 1 aromatic carbocycles. The van der Waals surface area contributed by atoms with Crippen molar-refractivity contribution in [2.45, 2.75) is 19.3 Å². The van der Waals surface area contributed by atoms with Gasteiger partial charge in [-0.1, -0.05) is 0 Å². The first-order valence-electron chi connectivity index (χ1n) is 3.95. The Hall–Kier alpha value is -0.570. The van der Waals surface area contributed by atoms with E-state index in [4.69, 9.17) is 5.73 Å². The van der Waals surface area contributed by atoms with Crippen LogP contribution in [0.25, 0.3) is 0 Å². The number of fused-ring (bicyclic) bond motifs is 1. The zero-order chi connectivity index (χ0) is 8.72. The fourth-order valence-electron chi connectivity index (χ4n) is 1.72. The van der Waals surface area contributed by atoms with E-state index < -0.39 is 0 Å². The van der Waals surface area contributed by atoms with Crippen LogP contribution in [0.1, 0.15) is 17.5 Å². The highest BCUT2D eigenvalue weighted by Crippen LogP contribution is 2.34. The third-order valence-electron chi connectivity index (χ3n) is 2.34. The van der Waals surface area contributed by atoms with Crippen molar-refractivity contribution in [2.24, 2.45) is 0 Å². The van der Waals surface area contributed by atoms with Crippen molar-refractivity contribution >= 4 is 21.6 Å². The lowest BCUT2D eigenvalue weighted by Gasteiger charge is -2.06. The molecule has 0 spiro atoms. The van der Waals surface area contributed by atoms with Crippen LogP contribution in [0.15, 0.2) is 10.5 Å². The topological polar surface area (TPSA) is 26.0 Å². The van der Waals surface area contributed by atoms with Crippen molar-refractivity contribution in [1.29, 1.82) is 0 Å². The molecule has 0 saturated carbocycles. The Bertz CT molecular complexity index is 336. The number of anilines is 1. The molecule has 2 rings (SSSR count). The van der Waals surface area contributed by atoms with Crippen molar-refractivity contribution < 1.29 is 4.39 Å². The van der Waals surface area contributed by atoms with Gasteiger partial charge in [-0.15, -0.1) is 0 Å². The highest BCUT2D eigenvalue weighted by Gasteiger charge is 2.19. The van der Waals surface area contributed by atoms with Crippen molar-refractivity contribution in [1.82, 2.24) is 0 Å². The number of nitrogen functional groups attached to an aromatic ring is 1. The average molecular weight is 230 g/mol. The van der Waals surface area contributed by atoms with E-state index in [9.17, 15) is 4.39 Å². The minimum atomic E-state index is -0.122. The Labute approximate surface area is 78.9 Å². The first kappa shape index (κ1) is 8.05. The molecule has 64 valence electrons. The van der Waals surface area contributed by atoms with Crippen molar-refractivity contribution in [3.63, 3.8) is 0 Å². The zero-order valence-corrected chi connectivity index (χ0v) is 8.12. The van der Waals surface area contributed by atoms with Gasteiger partial charge in [0.05, 0.1) is 0 Å². The Morgan fingerprint density at radius 1 is 1.33 bits per heavy atom. The molecular formula is C9H9BrFN. The Morgan fingerprint density at radius 3 is 2.75 bits per heavy atom. The summed E-state index contributed by atoms with van der Waals surface area (Å²) in [5.41, 5.74) is 8.32. The summed E-state index contributed by atoms with van der Waals surface area (Å²) >= 11 is 3.23. The normalized spacial score (nSPS) is 14.8. The van der Waals surface area contributed by atoms with E-state index in [1.165, 1.54) is 6.07 Å². The molecule has 0 unspecified atom stereocenters. The van der Waals surface area contributed by atoms with Crippen LogP contribution >= 0.6 is 15.9 Å². The molecular weight excluding hydrogens is 221 g/mol. The molecule has 1 aliphatic rings. The summed E-state index contributed by atoms with van der Waals surface area (Å²) in [6, 6.07) is 1.46. The molecule has 0 bridgehead atoms. The summed E-state index contributed by atoms with van der Waals surface area (Å²) in [4.78, 5) is 0. The second-order valence-electron chi connectivity index (χ2n) is 3.06. The summed E-state index contributed by atoms with van der Waals surface area (Å²) < 4.78 is 13.9. The van der Waals surface area contributed by atoms with Crippen molar-refractivity contribution in [3.8, 4) is 0 Å². The summed E-state index contributed by atoms with van der Waals surface area (Å²) in [6.07, 6.45) is 2.77. The maximum atomic E-state index is 13.2. The van der Waals surface area contributed by atoms with Crippen LogP contribution in [0.4, 0.5) is 10.1 Å². The number of hydrogen-bond donors (Lipinski definition) is 1. The molecule has 3 heteroatoms. The molecule has 0 atom stereocenters. The molecule has 0 amide bonds. The molecule has 0 radical (unpaired) electrons. The van der Waals surface area contributed by atoms with Crippen LogP contribution in [0, 0.1) is 5.82 Å². The first-order valence-corrected chi connectivity index (χ1v) is 4.74. The molecule has 1 aromatic rings. The number of nitrogens with two attached hydrogens (primary N) is 1. The van der Waals surface area contributed by atoms with Gasteiger partial charge in [0.1, 0.15) is 5.82 Å². The van der Waals surface area contributed by atoms with Gasteiger partial charge in [-0.25, -0.2) is 4.39 Å². The van der Waals surface area contributed by atoms with E-state index in [2.05, 4.69) is 15.9 Å². The lowest BCUT2D eigenvalue weighted by molar-refractivity contribution is 0.612. The second-order valence-corrected chi connectivity index (χ2v) is 3.92. The van der Waals surface area contributed by atoms with E-state index in [0.717, 1.165) is 30.4 Å². The molecule has 2 N–H and O–H groups in total.